The second-order valence-electron chi connectivity index (χ2n) is 8.79. The van der Waals surface area contributed by atoms with Gasteiger partial charge in [0.1, 0.15) is 17.5 Å². The standard InChI is InChI=1S/C26H20F5N5O2S/c1-15-33-25(26(29,30)31)14-35(15)22-9-6-17(16-4-3-5-19(10-16)39(2,37)38)11-23(22)36-24(13-32-34-36)20-8-7-18(27)12-21(20)28/h3-14,32,34H,1-2H3. The number of benzene rings is 3. The van der Waals surface area contributed by atoms with E-state index in [-0.39, 0.29) is 33.4 Å². The van der Waals surface area contributed by atoms with Gasteiger partial charge in [0, 0.05) is 30.3 Å². The first-order chi connectivity index (χ1) is 18.3. The largest absolute Gasteiger partial charge is 0.434 e. The number of nitrogens with one attached hydrogen (secondary N) is 2. The Balaban J connectivity index is 1.70. The summed E-state index contributed by atoms with van der Waals surface area (Å²) in [6.45, 7) is 1.41. The molecule has 1 aromatic heterocycles. The third-order valence-electron chi connectivity index (χ3n) is 6.08. The molecule has 0 radical (unpaired) electrons. The van der Waals surface area contributed by atoms with Gasteiger partial charge in [-0.2, -0.15) is 13.2 Å². The summed E-state index contributed by atoms with van der Waals surface area (Å²) in [7, 11) is -3.51. The molecule has 0 saturated heterocycles. The normalized spacial score (nSPS) is 13.9. The van der Waals surface area contributed by atoms with E-state index in [9.17, 15) is 30.4 Å². The zero-order valence-electron chi connectivity index (χ0n) is 20.4. The lowest BCUT2D eigenvalue weighted by atomic mass is 10.0. The summed E-state index contributed by atoms with van der Waals surface area (Å²) in [4.78, 5) is 3.73. The van der Waals surface area contributed by atoms with E-state index in [1.165, 1.54) is 40.9 Å². The molecule has 1 aliphatic heterocycles. The highest BCUT2D eigenvalue weighted by molar-refractivity contribution is 7.90. The number of nitrogens with zero attached hydrogens (tertiary/aromatic N) is 3. The van der Waals surface area contributed by atoms with Gasteiger partial charge in [-0.1, -0.05) is 18.2 Å². The smallest absolute Gasteiger partial charge is 0.309 e. The number of sulfone groups is 1. The second kappa shape index (κ2) is 9.50. The summed E-state index contributed by atoms with van der Waals surface area (Å²) in [5.41, 5.74) is 6.27. The minimum absolute atomic E-state index is 0.0164. The quantitative estimate of drug-likeness (QED) is 0.319. The monoisotopic (exact) mass is 561 g/mol. The predicted octanol–water partition coefficient (Wildman–Crippen LogP) is 5.38. The highest BCUT2D eigenvalue weighted by atomic mass is 32.2. The van der Waals surface area contributed by atoms with Crippen molar-refractivity contribution in [3.63, 3.8) is 0 Å². The fourth-order valence-electron chi connectivity index (χ4n) is 4.22. The van der Waals surface area contributed by atoms with Crippen molar-refractivity contribution in [2.75, 3.05) is 11.3 Å². The van der Waals surface area contributed by atoms with Crippen LogP contribution in [-0.2, 0) is 16.0 Å². The van der Waals surface area contributed by atoms with Gasteiger partial charge in [0.05, 0.1) is 22.0 Å². The SMILES string of the molecule is Cc1nc(C(F)(F)F)cn1-c1ccc(-c2cccc(S(C)(=O)=O)c2)cc1N1NNC=C1c1ccc(F)cc1F. The molecule has 3 aromatic carbocycles. The Morgan fingerprint density at radius 2 is 1.67 bits per heavy atom. The fraction of sp³-hybridized carbons (Fsp3) is 0.115. The van der Waals surface area contributed by atoms with Crippen molar-refractivity contribution < 1.29 is 30.4 Å². The Morgan fingerprint density at radius 1 is 0.923 bits per heavy atom. The third-order valence-corrected chi connectivity index (χ3v) is 7.19. The minimum atomic E-state index is -4.68. The number of rotatable bonds is 5. The Bertz CT molecular complexity index is 1730. The summed E-state index contributed by atoms with van der Waals surface area (Å²) >= 11 is 0. The second-order valence-corrected chi connectivity index (χ2v) is 10.8. The van der Waals surface area contributed by atoms with Crippen LogP contribution in [0, 0.1) is 18.6 Å². The zero-order valence-corrected chi connectivity index (χ0v) is 21.2. The lowest BCUT2D eigenvalue weighted by Crippen LogP contribution is -2.37. The summed E-state index contributed by atoms with van der Waals surface area (Å²) in [6, 6.07) is 14.0. The Kier molecular flexibility index (Phi) is 6.43. The number of aromatic nitrogens is 2. The van der Waals surface area contributed by atoms with Crippen LogP contribution in [0.5, 0.6) is 0 Å². The van der Waals surface area contributed by atoms with Gasteiger partial charge in [-0.05, 0) is 54.4 Å². The average Bonchev–Trinajstić information content (AvgIpc) is 3.50. The number of halogens is 5. The van der Waals surface area contributed by atoms with E-state index >= 15 is 0 Å². The van der Waals surface area contributed by atoms with Crippen LogP contribution in [0.1, 0.15) is 17.1 Å². The first-order valence-corrected chi connectivity index (χ1v) is 13.3. The van der Waals surface area contributed by atoms with Gasteiger partial charge < -0.3 is 9.99 Å². The Labute approximate surface area is 220 Å². The molecule has 202 valence electrons. The van der Waals surface area contributed by atoms with Gasteiger partial charge in [0.15, 0.2) is 15.5 Å². The molecule has 0 unspecified atom stereocenters. The molecular formula is C26H20F5N5O2S. The van der Waals surface area contributed by atoms with Crippen LogP contribution in [0.3, 0.4) is 0 Å². The summed E-state index contributed by atoms with van der Waals surface area (Å²) < 4.78 is 94.1. The number of alkyl halides is 3. The maximum atomic E-state index is 14.8. The highest BCUT2D eigenvalue weighted by Gasteiger charge is 2.35. The van der Waals surface area contributed by atoms with Crippen LogP contribution >= 0.6 is 0 Å². The molecule has 0 aliphatic carbocycles. The lowest BCUT2D eigenvalue weighted by Gasteiger charge is -2.26. The lowest BCUT2D eigenvalue weighted by molar-refractivity contribution is -0.141. The van der Waals surface area contributed by atoms with E-state index in [0.29, 0.717) is 11.1 Å². The molecule has 0 bridgehead atoms. The Hall–Kier alpha value is -4.23. The van der Waals surface area contributed by atoms with Crippen LogP contribution in [0.2, 0.25) is 0 Å². The van der Waals surface area contributed by atoms with Crippen molar-refractivity contribution in [2.45, 2.75) is 18.0 Å². The molecular weight excluding hydrogens is 541 g/mol. The minimum Gasteiger partial charge on any atom is -0.309 e. The van der Waals surface area contributed by atoms with E-state index in [2.05, 4.69) is 15.9 Å². The number of aryl methyl sites for hydroxylation is 1. The number of hydrogen-bond donors (Lipinski definition) is 2. The van der Waals surface area contributed by atoms with Gasteiger partial charge in [0.25, 0.3) is 0 Å². The van der Waals surface area contributed by atoms with E-state index in [1.807, 2.05) is 0 Å². The van der Waals surface area contributed by atoms with Crippen molar-refractivity contribution in [1.82, 2.24) is 20.5 Å². The summed E-state index contributed by atoms with van der Waals surface area (Å²) in [5.74, 6) is -1.58. The third kappa shape index (κ3) is 5.10. The van der Waals surface area contributed by atoms with Gasteiger partial charge in [-0.3, -0.25) is 5.01 Å². The van der Waals surface area contributed by atoms with E-state index < -0.39 is 33.3 Å². The van der Waals surface area contributed by atoms with E-state index in [1.54, 1.807) is 30.3 Å². The topological polar surface area (TPSA) is 79.3 Å². The summed E-state index contributed by atoms with van der Waals surface area (Å²) in [5, 5.41) is 1.39. The molecule has 1 aliphatic rings. The molecule has 0 atom stereocenters. The molecule has 39 heavy (non-hydrogen) atoms. The van der Waals surface area contributed by atoms with Gasteiger partial charge >= 0.3 is 6.18 Å². The molecule has 4 aromatic rings. The van der Waals surface area contributed by atoms with Gasteiger partial charge in [0.2, 0.25) is 0 Å². The van der Waals surface area contributed by atoms with Crippen molar-refractivity contribution >= 4 is 21.2 Å². The molecule has 0 spiro atoms. The van der Waals surface area contributed by atoms with E-state index in [4.69, 9.17) is 0 Å². The maximum Gasteiger partial charge on any atom is 0.434 e. The number of imidazole rings is 1. The first kappa shape index (κ1) is 26.4. The number of hydrogen-bond acceptors (Lipinski definition) is 6. The molecule has 7 nitrogen and oxygen atoms in total. The average molecular weight is 562 g/mol. The van der Waals surface area contributed by atoms with Crippen molar-refractivity contribution in [3.8, 4) is 16.8 Å². The maximum absolute atomic E-state index is 14.8. The summed E-state index contributed by atoms with van der Waals surface area (Å²) in [6.07, 6.45) is -1.34. The number of anilines is 1. The van der Waals surface area contributed by atoms with E-state index in [0.717, 1.165) is 24.6 Å². The van der Waals surface area contributed by atoms with Crippen LogP contribution < -0.4 is 16.0 Å². The predicted molar refractivity (Wildman–Crippen MR) is 135 cm³/mol. The molecule has 0 fully saturated rings. The molecule has 0 amide bonds. The molecule has 2 heterocycles. The highest BCUT2D eigenvalue weighted by Crippen LogP contribution is 2.38. The van der Waals surface area contributed by atoms with Crippen LogP contribution in [0.25, 0.3) is 22.5 Å². The molecule has 2 N–H and O–H groups in total. The molecule has 0 saturated carbocycles. The zero-order chi connectivity index (χ0) is 28.1. The van der Waals surface area contributed by atoms with Crippen molar-refractivity contribution in [3.05, 3.63) is 102 Å². The van der Waals surface area contributed by atoms with Crippen LogP contribution in [-0.4, -0.2) is 24.2 Å². The van der Waals surface area contributed by atoms with Crippen molar-refractivity contribution in [1.29, 1.82) is 0 Å². The van der Waals surface area contributed by atoms with Crippen LogP contribution in [0.4, 0.5) is 27.6 Å². The van der Waals surface area contributed by atoms with Crippen molar-refractivity contribution in [2.24, 2.45) is 0 Å². The van der Waals surface area contributed by atoms with Gasteiger partial charge in [-0.15, -0.1) is 5.53 Å². The van der Waals surface area contributed by atoms with Gasteiger partial charge in [-0.25, -0.2) is 22.2 Å². The number of hydrazine groups is 2. The fourth-order valence-corrected chi connectivity index (χ4v) is 4.89. The molecule has 5 rings (SSSR count). The Morgan fingerprint density at radius 3 is 2.33 bits per heavy atom. The van der Waals surface area contributed by atoms with Crippen LogP contribution in [0.15, 0.2) is 78.0 Å². The molecule has 13 heteroatoms. The first-order valence-electron chi connectivity index (χ1n) is 11.4.